The summed E-state index contributed by atoms with van der Waals surface area (Å²) in [7, 11) is -2.07. The van der Waals surface area contributed by atoms with Gasteiger partial charge in [-0.2, -0.15) is 26.3 Å². The molecule has 0 spiro atoms. The lowest BCUT2D eigenvalue weighted by Crippen LogP contribution is -2.13. The van der Waals surface area contributed by atoms with E-state index >= 15 is 0 Å². The fraction of sp³-hybridized carbons (Fsp3) is 0.138. The van der Waals surface area contributed by atoms with Gasteiger partial charge in [0.25, 0.3) is 17.1 Å². The number of nitro groups is 3. The average molecular weight is 1800 g/mol. The predicted octanol–water partition coefficient (Wildman–Crippen LogP) is 21.1. The molecule has 0 amide bonds. The minimum atomic E-state index is -4.50. The maximum atomic E-state index is 12.9. The van der Waals surface area contributed by atoms with Crippen LogP contribution in [0.3, 0.4) is 0 Å². The van der Waals surface area contributed by atoms with E-state index in [1.54, 1.807) is 30.3 Å². The Morgan fingerprint density at radius 3 is 0.831 bits per heavy atom. The predicted molar refractivity (Wildman–Crippen MR) is 464 cm³/mol. The smallest absolute Gasteiger partial charge is 0.416 e. The maximum Gasteiger partial charge on any atom is 0.416 e. The van der Waals surface area contributed by atoms with Crippen molar-refractivity contribution in [3.8, 4) is 5.75 Å². The summed E-state index contributed by atoms with van der Waals surface area (Å²) in [6.07, 6.45) is -6.05. The second-order valence-electron chi connectivity index (χ2n) is 28.5. The minimum absolute atomic E-state index is 0.0365. The lowest BCUT2D eigenvalue weighted by molar-refractivity contribution is -0.384. The summed E-state index contributed by atoms with van der Waals surface area (Å²) in [6.45, 7) is 10.8. The molecule has 0 aliphatic carbocycles. The highest BCUT2D eigenvalue weighted by Gasteiger charge is 2.32. The van der Waals surface area contributed by atoms with Crippen molar-refractivity contribution >= 4 is 145 Å². The van der Waals surface area contributed by atoms with Crippen LogP contribution < -0.4 is 27.8 Å². The molecule has 36 heteroatoms. The van der Waals surface area contributed by atoms with E-state index in [0.717, 1.165) is 48.9 Å². The molecule has 0 saturated carbocycles. The number of ether oxygens (including phenoxy) is 1. The molecule has 1 N–H and O–H groups in total. The number of nitro benzene ring substituents is 3. The number of methoxy groups -OCH3 is 1. The van der Waals surface area contributed by atoms with Crippen molar-refractivity contribution in [3.63, 3.8) is 0 Å². The Hall–Kier alpha value is -16.4. The summed E-state index contributed by atoms with van der Waals surface area (Å²) < 4.78 is 133. The molecule has 0 atom stereocenters. The number of alkyl halides is 6. The summed E-state index contributed by atoms with van der Waals surface area (Å²) in [5.74, 6) is -1.97. The van der Waals surface area contributed by atoms with Crippen LogP contribution in [-0.2, 0) is 39.8 Å². The number of hydrogen-bond acceptors (Lipinski definition) is 26. The van der Waals surface area contributed by atoms with Gasteiger partial charge in [-0.05, 0) is 241 Å². The number of non-ortho nitro benzene ring substituents is 3. The van der Waals surface area contributed by atoms with Crippen LogP contribution in [0.25, 0.3) is 54.8 Å². The molecular formula is C94H72F6N8O21S. The number of nitrogens with zero attached hydrogens (tertiary/aromatic N) is 8. The van der Waals surface area contributed by atoms with Crippen molar-refractivity contribution in [2.45, 2.75) is 78.6 Å². The van der Waals surface area contributed by atoms with Gasteiger partial charge >= 0.3 is 18.3 Å². The topological polar surface area (TPSA) is 423 Å². The number of fused-ring (bicyclic) bond motifs is 5. The molecule has 0 bridgehead atoms. The number of rotatable bonds is 17. The van der Waals surface area contributed by atoms with Gasteiger partial charge in [-0.25, -0.2) is 38.2 Å². The number of aromatic hydroxyl groups is 1. The first-order valence-electron chi connectivity index (χ1n) is 38.7. The highest BCUT2D eigenvalue weighted by atomic mass is 32.2. The van der Waals surface area contributed by atoms with E-state index in [1.807, 2.05) is 43.3 Å². The number of phenolic OH excluding ortho intramolecular Hbond substituents is 1. The Bertz CT molecular complexity index is 7530. The highest BCUT2D eigenvalue weighted by molar-refractivity contribution is 7.90. The Morgan fingerprint density at radius 2 is 0.600 bits per heavy atom. The van der Waals surface area contributed by atoms with E-state index in [0.29, 0.717) is 66.9 Å². The van der Waals surface area contributed by atoms with Gasteiger partial charge in [0.1, 0.15) is 33.7 Å². The van der Waals surface area contributed by atoms with Crippen LogP contribution in [0.5, 0.6) is 5.75 Å². The van der Waals surface area contributed by atoms with Gasteiger partial charge in [0.2, 0.25) is 27.8 Å². The van der Waals surface area contributed by atoms with Crippen molar-refractivity contribution in [1.82, 2.24) is 0 Å². The minimum Gasteiger partial charge on any atom is -0.508 e. The Balaban J connectivity index is 0.000000157. The quantitative estimate of drug-likeness (QED) is 0.0291. The van der Waals surface area contributed by atoms with Crippen LogP contribution in [0.2, 0.25) is 0 Å². The van der Waals surface area contributed by atoms with Crippen LogP contribution in [0.4, 0.5) is 71.8 Å². The zero-order valence-corrected chi connectivity index (χ0v) is 70.7. The molecule has 15 aromatic rings. The number of phenols is 1. The summed E-state index contributed by atoms with van der Waals surface area (Å²) in [5.41, 5.74) is 6.06. The molecule has 0 radical (unpaired) electrons. The van der Waals surface area contributed by atoms with Gasteiger partial charge in [0.05, 0.1) is 99.7 Å². The summed E-state index contributed by atoms with van der Waals surface area (Å²) in [4.78, 5) is 124. The number of esters is 1. The lowest BCUT2D eigenvalue weighted by atomic mass is 10.1. The summed E-state index contributed by atoms with van der Waals surface area (Å²) >= 11 is 0. The number of Topliss-reactive ketones (excluding diaryl/α,β-unsaturated/α-hetero) is 5. The second kappa shape index (κ2) is 40.3. The molecule has 0 aliphatic heterocycles. The number of hydrogen-bond donors (Lipinski definition) is 1. The number of halogens is 6. The molecular weight excluding hydrogens is 1720 g/mol. The van der Waals surface area contributed by atoms with Crippen molar-refractivity contribution in [2.24, 2.45) is 25.0 Å². The van der Waals surface area contributed by atoms with Crippen LogP contribution in [0.15, 0.2) is 295 Å². The molecule has 5 heterocycles. The van der Waals surface area contributed by atoms with Crippen LogP contribution in [-0.4, -0.2) is 76.5 Å². The normalized spacial score (nSPS) is 12.1. The zero-order chi connectivity index (χ0) is 94.4. The molecule has 0 unspecified atom stereocenters. The van der Waals surface area contributed by atoms with E-state index in [9.17, 15) is 99.0 Å². The van der Waals surface area contributed by atoms with Gasteiger partial charge in [-0.1, -0.05) is 38.1 Å². The van der Waals surface area contributed by atoms with Crippen LogP contribution >= 0.6 is 0 Å². The van der Waals surface area contributed by atoms with Gasteiger partial charge in [0.15, 0.2) is 38.8 Å². The Morgan fingerprint density at radius 1 is 0.362 bits per heavy atom. The van der Waals surface area contributed by atoms with Crippen molar-refractivity contribution in [1.29, 1.82) is 0 Å². The maximum absolute atomic E-state index is 12.9. The number of aryl methyl sites for hydroxylation is 2. The number of benzene rings is 10. The van der Waals surface area contributed by atoms with E-state index < -0.39 is 59.8 Å². The monoisotopic (exact) mass is 1790 g/mol. The number of carbonyl (C=O) groups is 6. The fourth-order valence-electron chi connectivity index (χ4n) is 12.3. The summed E-state index contributed by atoms with van der Waals surface area (Å²) in [6, 6.07) is 58.9. The van der Waals surface area contributed by atoms with Crippen molar-refractivity contribution in [2.75, 3.05) is 13.4 Å². The first kappa shape index (κ1) is 94.3. The first-order valence-corrected chi connectivity index (χ1v) is 40.6. The number of carbonyl (C=O) groups excluding carboxylic acids is 6. The highest BCUT2D eigenvalue weighted by Crippen LogP contribution is 2.35. The second-order valence-corrected chi connectivity index (χ2v) is 30.5. The van der Waals surface area contributed by atoms with Crippen molar-refractivity contribution in [3.05, 3.63) is 356 Å². The standard InChI is InChI=1S/C20H14F3NO4.C20H16F3NO2.C19H16N2O4.C18H14N2O6S.C17H12N2O5/c1-11(25)16-10-13-9-14(20(21,22)23)5-8-17(13)28-18(16)24-15-6-3-12(4-7-15)19(26)27-2;1-3-13-4-7-16(8-5-13)24-19-17(12(2)25)11-14-10-15(20(21,22)23)6-9-18(14)26-19;1-3-13-4-6-15(7-5-13)20-19-17(12(2)22)11-14-10-16(21(23)24)8-9-18(14)25-19;1-11(21)16-10-12-9-14(20(22)23)5-8-17(12)26-18(16)19-13-3-6-15(7-4-13)27(2,24)25;1-10(20)15-9-11-8-13(19(22)23)4-7-16(11)24-17(15)18-12-2-5-14(21)6-3-12/h3-10H,1-2H3;4-11H,3H2,1-2H3;4-11H,3H2,1-2H3;3-10H,1-2H3;2-9,21H,1H3. The first-order chi connectivity index (χ1) is 61.5. The molecule has 10 aromatic carbocycles. The van der Waals surface area contributed by atoms with Gasteiger partial charge < -0.3 is 31.9 Å². The Labute approximate surface area is 730 Å². The fourth-order valence-corrected chi connectivity index (χ4v) is 12.9. The molecule has 0 aliphatic rings. The lowest BCUT2D eigenvalue weighted by Gasteiger charge is -2.08. The third-order valence-electron chi connectivity index (χ3n) is 19.1. The third kappa shape index (κ3) is 24.0. The SMILES string of the molecule is CC(=O)c1cc2cc([N+](=O)[O-])ccc2oc1=Nc1ccc(O)cc1.CC(=O)c1cc2cc([N+](=O)[O-])ccc2oc1=Nc1ccc(S(C)(=O)=O)cc1.CCc1ccc(N=c2oc3ccc(C(F)(F)F)cc3cc2C(C)=O)cc1.CCc1ccc(N=c2oc3ccc([N+](=O)[O-])cc3cc2C(C)=O)cc1.COC(=O)c1ccc(N=c2oc3ccc(C(F)(F)F)cc3cc2C(C)=O)cc1. The van der Waals surface area contributed by atoms with Crippen LogP contribution in [0, 0.1) is 30.3 Å². The van der Waals surface area contributed by atoms with Gasteiger partial charge in [-0.15, -0.1) is 0 Å². The van der Waals surface area contributed by atoms with Crippen molar-refractivity contribution < 1.29 is 110 Å². The van der Waals surface area contributed by atoms with E-state index in [-0.39, 0.29) is 128 Å². The largest absolute Gasteiger partial charge is 0.508 e. The zero-order valence-electron chi connectivity index (χ0n) is 69.9. The number of sulfone groups is 1. The van der Waals surface area contributed by atoms with E-state index in [4.69, 9.17) is 22.1 Å². The summed E-state index contributed by atoms with van der Waals surface area (Å²) in [5, 5.41) is 43.7. The average Bonchev–Trinajstić information content (AvgIpc) is 0.781. The molecule has 0 fully saturated rings. The van der Waals surface area contributed by atoms with Gasteiger partial charge in [-0.3, -0.25) is 54.3 Å². The third-order valence-corrected chi connectivity index (χ3v) is 20.2. The number of ketones is 5. The van der Waals surface area contributed by atoms with E-state index in [1.165, 1.54) is 199 Å². The Kier molecular flexibility index (Phi) is 29.2. The molecule has 5 aromatic heterocycles. The van der Waals surface area contributed by atoms with E-state index in [2.05, 4.69) is 36.6 Å². The molecule has 662 valence electrons. The van der Waals surface area contributed by atoms with Gasteiger partial charge in [0, 0.05) is 69.6 Å². The molecule has 130 heavy (non-hydrogen) atoms. The molecule has 29 nitrogen and oxygen atoms in total. The molecule has 0 saturated heterocycles. The molecule has 15 rings (SSSR count). The van der Waals surface area contributed by atoms with Crippen LogP contribution in [0.1, 0.15) is 133 Å².